The Bertz CT molecular complexity index is 875. The molecular weight excluding hydrogens is 336 g/mol. The molecule has 2 aromatic rings. The lowest BCUT2D eigenvalue weighted by Gasteiger charge is -2.21. The van der Waals surface area contributed by atoms with Crippen LogP contribution in [0.2, 0.25) is 0 Å². The lowest BCUT2D eigenvalue weighted by molar-refractivity contribution is 0.262. The van der Waals surface area contributed by atoms with Gasteiger partial charge >= 0.3 is 0 Å². The van der Waals surface area contributed by atoms with Gasteiger partial charge in [-0.25, -0.2) is 8.42 Å². The SMILES string of the molecule is Cc1cccc(S(=O)(=O)c2cc(OCC3CO3)cc(C(C)(C)C)c2)c1. The molecule has 25 heavy (non-hydrogen) atoms. The second-order valence-corrected chi connectivity index (χ2v) is 9.48. The second-order valence-electron chi connectivity index (χ2n) is 7.53. The summed E-state index contributed by atoms with van der Waals surface area (Å²) in [6.07, 6.45) is 0.120. The molecule has 1 heterocycles. The quantitative estimate of drug-likeness (QED) is 0.759. The van der Waals surface area contributed by atoms with Crippen LogP contribution in [0.3, 0.4) is 0 Å². The molecule has 4 nitrogen and oxygen atoms in total. The van der Waals surface area contributed by atoms with Crippen LogP contribution in [-0.4, -0.2) is 27.7 Å². The predicted molar refractivity (Wildman–Crippen MR) is 97.0 cm³/mol. The van der Waals surface area contributed by atoms with Crippen LogP contribution in [-0.2, 0) is 20.0 Å². The number of benzene rings is 2. The maximum Gasteiger partial charge on any atom is 0.206 e. The zero-order chi connectivity index (χ0) is 18.2. The van der Waals surface area contributed by atoms with Crippen LogP contribution in [0, 0.1) is 6.92 Å². The molecule has 1 aliphatic heterocycles. The molecule has 1 aliphatic rings. The number of hydrogen-bond donors (Lipinski definition) is 0. The maximum atomic E-state index is 13.1. The van der Waals surface area contributed by atoms with Crippen LogP contribution in [0.5, 0.6) is 5.75 Å². The highest BCUT2D eigenvalue weighted by atomic mass is 32.2. The van der Waals surface area contributed by atoms with E-state index in [1.807, 2.05) is 19.1 Å². The van der Waals surface area contributed by atoms with Gasteiger partial charge in [-0.2, -0.15) is 0 Å². The van der Waals surface area contributed by atoms with Gasteiger partial charge in [-0.1, -0.05) is 32.9 Å². The maximum absolute atomic E-state index is 13.1. The van der Waals surface area contributed by atoms with E-state index in [-0.39, 0.29) is 16.4 Å². The van der Waals surface area contributed by atoms with Gasteiger partial charge in [-0.05, 0) is 53.8 Å². The molecule has 0 N–H and O–H groups in total. The van der Waals surface area contributed by atoms with Crippen molar-refractivity contribution >= 4 is 9.84 Å². The monoisotopic (exact) mass is 360 g/mol. The standard InChI is InChI=1S/C20H24O4S/c1-14-6-5-7-18(8-14)25(21,22)19-10-15(20(2,3)4)9-16(11-19)23-12-17-13-24-17/h5-11,17H,12-13H2,1-4H3. The molecule has 0 bridgehead atoms. The molecule has 3 rings (SSSR count). The van der Waals surface area contributed by atoms with Crippen LogP contribution in [0.1, 0.15) is 31.9 Å². The van der Waals surface area contributed by atoms with Gasteiger partial charge in [0, 0.05) is 0 Å². The smallest absolute Gasteiger partial charge is 0.206 e. The topological polar surface area (TPSA) is 55.9 Å². The first-order chi connectivity index (χ1) is 11.7. The minimum atomic E-state index is -3.60. The Hall–Kier alpha value is -1.85. The molecule has 1 fully saturated rings. The second kappa shape index (κ2) is 6.46. The molecular formula is C20H24O4S. The van der Waals surface area contributed by atoms with E-state index in [1.54, 1.807) is 30.3 Å². The minimum absolute atomic E-state index is 0.120. The van der Waals surface area contributed by atoms with Gasteiger partial charge < -0.3 is 9.47 Å². The third-order valence-corrected chi connectivity index (χ3v) is 5.93. The van der Waals surface area contributed by atoms with Crippen LogP contribution >= 0.6 is 0 Å². The van der Waals surface area contributed by atoms with Crippen molar-refractivity contribution in [3.8, 4) is 5.75 Å². The molecule has 0 aromatic heterocycles. The van der Waals surface area contributed by atoms with E-state index in [9.17, 15) is 8.42 Å². The van der Waals surface area contributed by atoms with Crippen LogP contribution in [0.25, 0.3) is 0 Å². The molecule has 0 aliphatic carbocycles. The number of epoxide rings is 1. The Kier molecular flexibility index (Phi) is 4.64. The van der Waals surface area contributed by atoms with E-state index in [1.165, 1.54) is 0 Å². The van der Waals surface area contributed by atoms with Crippen molar-refractivity contribution in [3.63, 3.8) is 0 Å². The van der Waals surface area contributed by atoms with Crippen molar-refractivity contribution < 1.29 is 17.9 Å². The molecule has 2 aromatic carbocycles. The van der Waals surface area contributed by atoms with Crippen LogP contribution in [0.4, 0.5) is 0 Å². The average Bonchev–Trinajstić information content (AvgIpc) is 3.36. The highest BCUT2D eigenvalue weighted by Crippen LogP contribution is 2.32. The van der Waals surface area contributed by atoms with E-state index >= 15 is 0 Å². The van der Waals surface area contributed by atoms with E-state index in [2.05, 4.69) is 20.8 Å². The van der Waals surface area contributed by atoms with E-state index in [4.69, 9.17) is 9.47 Å². The summed E-state index contributed by atoms with van der Waals surface area (Å²) in [5.41, 5.74) is 1.65. The van der Waals surface area contributed by atoms with Gasteiger partial charge in [0.25, 0.3) is 0 Å². The van der Waals surface area contributed by atoms with E-state index in [0.29, 0.717) is 23.9 Å². The van der Waals surface area contributed by atoms with Crippen LogP contribution in [0.15, 0.2) is 52.3 Å². The lowest BCUT2D eigenvalue weighted by Crippen LogP contribution is -2.14. The largest absolute Gasteiger partial charge is 0.491 e. The summed E-state index contributed by atoms with van der Waals surface area (Å²) in [5, 5.41) is 0. The normalized spacial score (nSPS) is 17.4. The molecule has 0 spiro atoms. The van der Waals surface area contributed by atoms with Crippen molar-refractivity contribution in [1.29, 1.82) is 0 Å². The molecule has 1 atom stereocenters. The fourth-order valence-electron chi connectivity index (χ4n) is 2.52. The summed E-state index contributed by atoms with van der Waals surface area (Å²) in [4.78, 5) is 0.562. The van der Waals surface area contributed by atoms with Crippen molar-refractivity contribution in [3.05, 3.63) is 53.6 Å². The summed E-state index contributed by atoms with van der Waals surface area (Å²) >= 11 is 0. The zero-order valence-electron chi connectivity index (χ0n) is 15.1. The molecule has 134 valence electrons. The summed E-state index contributed by atoms with van der Waals surface area (Å²) in [6, 6.07) is 12.2. The first-order valence-electron chi connectivity index (χ1n) is 8.38. The lowest BCUT2D eigenvalue weighted by atomic mass is 9.87. The van der Waals surface area contributed by atoms with Crippen molar-refractivity contribution in [2.45, 2.75) is 49.0 Å². The summed E-state index contributed by atoms with van der Waals surface area (Å²) in [5.74, 6) is 0.564. The van der Waals surface area contributed by atoms with Crippen molar-refractivity contribution in [2.75, 3.05) is 13.2 Å². The predicted octanol–water partition coefficient (Wildman–Crippen LogP) is 3.90. The Morgan fingerprint density at radius 2 is 1.84 bits per heavy atom. The van der Waals surface area contributed by atoms with E-state index in [0.717, 1.165) is 11.1 Å². The molecule has 1 unspecified atom stereocenters. The molecule has 0 saturated carbocycles. The Morgan fingerprint density at radius 3 is 2.44 bits per heavy atom. The molecule has 5 heteroatoms. The Labute approximate surface area is 149 Å². The zero-order valence-corrected chi connectivity index (χ0v) is 15.9. The minimum Gasteiger partial charge on any atom is -0.491 e. The Balaban J connectivity index is 2.05. The highest BCUT2D eigenvalue weighted by molar-refractivity contribution is 7.91. The van der Waals surface area contributed by atoms with Gasteiger partial charge in [0.05, 0.1) is 16.4 Å². The Morgan fingerprint density at radius 1 is 1.12 bits per heavy atom. The molecule has 0 radical (unpaired) electrons. The average molecular weight is 360 g/mol. The number of rotatable bonds is 5. The van der Waals surface area contributed by atoms with Crippen molar-refractivity contribution in [1.82, 2.24) is 0 Å². The number of sulfone groups is 1. The fourth-order valence-corrected chi connectivity index (χ4v) is 3.94. The number of hydrogen-bond acceptors (Lipinski definition) is 4. The van der Waals surface area contributed by atoms with Gasteiger partial charge in [-0.15, -0.1) is 0 Å². The fraction of sp³-hybridized carbons (Fsp3) is 0.400. The number of ether oxygens (including phenoxy) is 2. The van der Waals surface area contributed by atoms with Gasteiger partial charge in [0.15, 0.2) is 0 Å². The van der Waals surface area contributed by atoms with Crippen molar-refractivity contribution in [2.24, 2.45) is 0 Å². The molecule has 0 amide bonds. The summed E-state index contributed by atoms with van der Waals surface area (Å²) in [6.45, 7) is 9.19. The van der Waals surface area contributed by atoms with Gasteiger partial charge in [0.1, 0.15) is 18.5 Å². The highest BCUT2D eigenvalue weighted by Gasteiger charge is 2.26. The summed E-state index contributed by atoms with van der Waals surface area (Å²) in [7, 11) is -3.60. The van der Waals surface area contributed by atoms with Crippen LogP contribution < -0.4 is 4.74 Å². The van der Waals surface area contributed by atoms with Gasteiger partial charge in [-0.3, -0.25) is 0 Å². The summed E-state index contributed by atoms with van der Waals surface area (Å²) < 4.78 is 37.1. The van der Waals surface area contributed by atoms with E-state index < -0.39 is 9.84 Å². The third kappa shape index (κ3) is 4.22. The molecule has 1 saturated heterocycles. The first kappa shape index (κ1) is 18.0. The third-order valence-electron chi connectivity index (χ3n) is 4.19. The van der Waals surface area contributed by atoms with Gasteiger partial charge in [0.2, 0.25) is 9.84 Å². The number of aryl methyl sites for hydroxylation is 1. The first-order valence-corrected chi connectivity index (χ1v) is 9.86.